The minimum absolute atomic E-state index is 0. The lowest BCUT2D eigenvalue weighted by atomic mass is 10.0. The molecule has 0 saturated heterocycles. The second kappa shape index (κ2) is 6.54. The Bertz CT molecular complexity index is 496. The number of thiophene rings is 1. The van der Waals surface area contributed by atoms with Crippen molar-refractivity contribution in [1.82, 2.24) is 0 Å². The highest BCUT2D eigenvalue weighted by Gasteiger charge is 2.09. The van der Waals surface area contributed by atoms with Gasteiger partial charge in [-0.2, -0.15) is 11.3 Å². The molecule has 96 valence electrons. The van der Waals surface area contributed by atoms with Crippen LogP contribution in [0.15, 0.2) is 41.1 Å². The van der Waals surface area contributed by atoms with Gasteiger partial charge in [-0.25, -0.2) is 0 Å². The average Bonchev–Trinajstić information content (AvgIpc) is 2.82. The molecule has 0 aliphatic heterocycles. The number of hydrogen-bond acceptors (Lipinski definition) is 4. The average molecular weight is 284 g/mol. The van der Waals surface area contributed by atoms with Crippen molar-refractivity contribution in [3.8, 4) is 5.75 Å². The first-order valence-electron chi connectivity index (χ1n) is 5.23. The largest absolute Gasteiger partial charge is 0.427 e. The van der Waals surface area contributed by atoms with Crippen LogP contribution in [0.2, 0.25) is 0 Å². The molecule has 0 saturated carbocycles. The molecule has 0 radical (unpaired) electrons. The topological polar surface area (TPSA) is 52.3 Å². The van der Waals surface area contributed by atoms with Gasteiger partial charge in [-0.15, -0.1) is 12.4 Å². The zero-order valence-electron chi connectivity index (χ0n) is 9.83. The molecule has 2 aromatic rings. The van der Waals surface area contributed by atoms with Crippen LogP contribution in [0.25, 0.3) is 0 Å². The standard InChI is InChI=1S/C13H13NO2S.ClH/c1-9(15)16-12-4-2-10(3-5-12)13(14)11-6-7-17-8-11;/h2-8,13H,14H2,1H3;1H/t13-;/m0./s1. The molecule has 1 atom stereocenters. The SMILES string of the molecule is CC(=O)Oc1ccc([C@H](N)c2ccsc2)cc1.Cl. The van der Waals surface area contributed by atoms with E-state index in [4.69, 9.17) is 10.5 Å². The molecule has 1 heterocycles. The zero-order chi connectivity index (χ0) is 12.3. The Morgan fingerprint density at radius 1 is 1.22 bits per heavy atom. The molecular weight excluding hydrogens is 270 g/mol. The van der Waals surface area contributed by atoms with E-state index in [9.17, 15) is 4.79 Å². The van der Waals surface area contributed by atoms with Crippen LogP contribution in [-0.2, 0) is 4.79 Å². The van der Waals surface area contributed by atoms with Gasteiger partial charge in [0.05, 0.1) is 6.04 Å². The summed E-state index contributed by atoms with van der Waals surface area (Å²) in [7, 11) is 0. The molecule has 0 bridgehead atoms. The highest BCUT2D eigenvalue weighted by molar-refractivity contribution is 7.08. The van der Waals surface area contributed by atoms with Crippen LogP contribution in [-0.4, -0.2) is 5.97 Å². The number of rotatable bonds is 3. The van der Waals surface area contributed by atoms with E-state index in [-0.39, 0.29) is 24.4 Å². The first kappa shape index (κ1) is 14.7. The molecule has 5 heteroatoms. The zero-order valence-corrected chi connectivity index (χ0v) is 11.5. The van der Waals surface area contributed by atoms with Crippen molar-refractivity contribution in [3.63, 3.8) is 0 Å². The Kier molecular flexibility index (Phi) is 5.34. The number of carbonyl (C=O) groups excluding carboxylic acids is 1. The summed E-state index contributed by atoms with van der Waals surface area (Å²) in [5.74, 6) is 0.221. The molecule has 0 spiro atoms. The lowest BCUT2D eigenvalue weighted by molar-refractivity contribution is -0.131. The van der Waals surface area contributed by atoms with Crippen molar-refractivity contribution >= 4 is 29.7 Å². The maximum atomic E-state index is 10.8. The van der Waals surface area contributed by atoms with E-state index >= 15 is 0 Å². The predicted octanol–water partition coefficient (Wildman–Crippen LogP) is 3.14. The minimum Gasteiger partial charge on any atom is -0.427 e. The third kappa shape index (κ3) is 3.57. The van der Waals surface area contributed by atoms with Crippen LogP contribution in [0, 0.1) is 0 Å². The number of benzene rings is 1. The first-order valence-corrected chi connectivity index (χ1v) is 6.17. The van der Waals surface area contributed by atoms with Gasteiger partial charge >= 0.3 is 5.97 Å². The summed E-state index contributed by atoms with van der Waals surface area (Å²) in [4.78, 5) is 10.8. The van der Waals surface area contributed by atoms with Crippen LogP contribution in [0.1, 0.15) is 24.1 Å². The Hall–Kier alpha value is -1.36. The normalized spacial score (nSPS) is 11.4. The molecular formula is C13H14ClNO2S. The third-order valence-corrected chi connectivity index (χ3v) is 3.10. The van der Waals surface area contributed by atoms with Gasteiger partial charge < -0.3 is 10.5 Å². The molecule has 18 heavy (non-hydrogen) atoms. The van der Waals surface area contributed by atoms with E-state index in [2.05, 4.69) is 0 Å². The summed E-state index contributed by atoms with van der Waals surface area (Å²) in [5.41, 5.74) is 8.20. The van der Waals surface area contributed by atoms with Gasteiger partial charge in [0.15, 0.2) is 0 Å². The molecule has 2 N–H and O–H groups in total. The number of hydrogen-bond donors (Lipinski definition) is 1. The summed E-state index contributed by atoms with van der Waals surface area (Å²) >= 11 is 1.62. The van der Waals surface area contributed by atoms with E-state index in [0.29, 0.717) is 5.75 Å². The summed E-state index contributed by atoms with van der Waals surface area (Å²) in [6, 6.07) is 9.13. The molecule has 0 fully saturated rings. The Morgan fingerprint density at radius 2 is 1.89 bits per heavy atom. The Balaban J connectivity index is 0.00000162. The van der Waals surface area contributed by atoms with E-state index in [1.54, 1.807) is 23.5 Å². The van der Waals surface area contributed by atoms with Crippen molar-refractivity contribution in [2.75, 3.05) is 0 Å². The Labute approximate surface area is 116 Å². The van der Waals surface area contributed by atoms with Crippen LogP contribution >= 0.6 is 23.7 Å². The van der Waals surface area contributed by atoms with E-state index in [1.165, 1.54) is 6.92 Å². The molecule has 0 aliphatic rings. The fraction of sp³-hybridized carbons (Fsp3) is 0.154. The molecule has 1 aromatic carbocycles. The molecule has 0 amide bonds. The first-order chi connectivity index (χ1) is 8.16. The molecule has 0 unspecified atom stereocenters. The second-order valence-electron chi connectivity index (χ2n) is 3.70. The van der Waals surface area contributed by atoms with Gasteiger partial charge in [-0.05, 0) is 40.1 Å². The van der Waals surface area contributed by atoms with Crippen LogP contribution in [0.4, 0.5) is 0 Å². The van der Waals surface area contributed by atoms with Crippen LogP contribution in [0.3, 0.4) is 0 Å². The minimum atomic E-state index is -0.320. The number of esters is 1. The van der Waals surface area contributed by atoms with Crippen molar-refractivity contribution in [2.45, 2.75) is 13.0 Å². The highest BCUT2D eigenvalue weighted by atomic mass is 35.5. The van der Waals surface area contributed by atoms with Crippen molar-refractivity contribution in [3.05, 3.63) is 52.2 Å². The quantitative estimate of drug-likeness (QED) is 0.695. The smallest absolute Gasteiger partial charge is 0.308 e. The van der Waals surface area contributed by atoms with Crippen molar-refractivity contribution in [1.29, 1.82) is 0 Å². The van der Waals surface area contributed by atoms with E-state index in [0.717, 1.165) is 11.1 Å². The van der Waals surface area contributed by atoms with Gasteiger partial charge in [0.2, 0.25) is 0 Å². The summed E-state index contributed by atoms with van der Waals surface area (Å²) in [6.45, 7) is 1.38. The van der Waals surface area contributed by atoms with Gasteiger partial charge in [-0.3, -0.25) is 4.79 Å². The maximum Gasteiger partial charge on any atom is 0.308 e. The van der Waals surface area contributed by atoms with Gasteiger partial charge in [0.1, 0.15) is 5.75 Å². The fourth-order valence-corrected chi connectivity index (χ4v) is 2.25. The number of ether oxygens (including phenoxy) is 1. The summed E-state index contributed by atoms with van der Waals surface area (Å²) in [6.07, 6.45) is 0. The van der Waals surface area contributed by atoms with Crippen molar-refractivity contribution < 1.29 is 9.53 Å². The number of nitrogens with two attached hydrogens (primary N) is 1. The second-order valence-corrected chi connectivity index (χ2v) is 4.48. The highest BCUT2D eigenvalue weighted by Crippen LogP contribution is 2.23. The fourth-order valence-electron chi connectivity index (χ4n) is 1.55. The lowest BCUT2D eigenvalue weighted by Crippen LogP contribution is -2.10. The van der Waals surface area contributed by atoms with Gasteiger partial charge in [-0.1, -0.05) is 12.1 Å². The van der Waals surface area contributed by atoms with Gasteiger partial charge in [0.25, 0.3) is 0 Å². The molecule has 3 nitrogen and oxygen atoms in total. The Morgan fingerprint density at radius 3 is 2.39 bits per heavy atom. The number of halogens is 1. The molecule has 2 rings (SSSR count). The third-order valence-electron chi connectivity index (χ3n) is 2.40. The molecule has 0 aliphatic carbocycles. The van der Waals surface area contributed by atoms with Gasteiger partial charge in [0, 0.05) is 6.92 Å². The predicted molar refractivity (Wildman–Crippen MR) is 75.3 cm³/mol. The summed E-state index contributed by atoms with van der Waals surface area (Å²) < 4.78 is 4.96. The van der Waals surface area contributed by atoms with Crippen LogP contribution < -0.4 is 10.5 Å². The van der Waals surface area contributed by atoms with Crippen LogP contribution in [0.5, 0.6) is 5.75 Å². The maximum absolute atomic E-state index is 10.8. The monoisotopic (exact) mass is 283 g/mol. The van der Waals surface area contributed by atoms with E-state index in [1.807, 2.05) is 29.0 Å². The lowest BCUT2D eigenvalue weighted by Gasteiger charge is -2.10. The number of carbonyl (C=O) groups is 1. The van der Waals surface area contributed by atoms with Crippen molar-refractivity contribution in [2.24, 2.45) is 5.73 Å². The molecule has 1 aromatic heterocycles. The summed E-state index contributed by atoms with van der Waals surface area (Å²) in [5, 5.41) is 4.03. The van der Waals surface area contributed by atoms with E-state index < -0.39 is 0 Å².